The minimum atomic E-state index is -3.81. The monoisotopic (exact) mass is 299 g/mol. The van der Waals surface area contributed by atoms with Crippen LogP contribution in [0.3, 0.4) is 0 Å². The van der Waals surface area contributed by atoms with Crippen molar-refractivity contribution >= 4 is 16.0 Å². The molecule has 7 nitrogen and oxygen atoms in total. The van der Waals surface area contributed by atoms with Crippen molar-refractivity contribution in [3.8, 4) is 11.5 Å². The zero-order chi connectivity index (χ0) is 14.3. The van der Waals surface area contributed by atoms with Crippen molar-refractivity contribution in [2.24, 2.45) is 0 Å². The Morgan fingerprint density at radius 2 is 1.95 bits per heavy atom. The van der Waals surface area contributed by atoms with Crippen LogP contribution in [0.4, 0.5) is 0 Å². The van der Waals surface area contributed by atoms with Gasteiger partial charge < -0.3 is 14.6 Å². The van der Waals surface area contributed by atoms with E-state index in [9.17, 15) is 13.2 Å². The highest BCUT2D eigenvalue weighted by atomic mass is 32.2. The summed E-state index contributed by atoms with van der Waals surface area (Å²) in [7, 11) is -3.81. The van der Waals surface area contributed by atoms with Crippen LogP contribution in [0.1, 0.15) is 6.42 Å². The molecule has 0 amide bonds. The molecular weight excluding hydrogens is 286 g/mol. The van der Waals surface area contributed by atoms with Crippen LogP contribution in [0.5, 0.6) is 11.5 Å². The van der Waals surface area contributed by atoms with Crippen LogP contribution < -0.4 is 9.47 Å². The van der Waals surface area contributed by atoms with Gasteiger partial charge in [0.05, 0.1) is 4.90 Å². The number of sulfonamides is 1. The summed E-state index contributed by atoms with van der Waals surface area (Å²) in [6.45, 7) is 0.998. The fourth-order valence-corrected chi connectivity index (χ4v) is 3.86. The summed E-state index contributed by atoms with van der Waals surface area (Å²) in [5.74, 6) is -0.268. The fraction of sp³-hybridized carbons (Fsp3) is 0.417. The zero-order valence-electron chi connectivity index (χ0n) is 10.5. The van der Waals surface area contributed by atoms with Gasteiger partial charge in [-0.3, -0.25) is 4.79 Å². The molecule has 0 radical (unpaired) electrons. The van der Waals surface area contributed by atoms with E-state index in [1.165, 1.54) is 18.2 Å². The third kappa shape index (κ3) is 2.01. The van der Waals surface area contributed by atoms with E-state index in [4.69, 9.17) is 14.6 Å². The van der Waals surface area contributed by atoms with Crippen LogP contribution >= 0.6 is 0 Å². The van der Waals surface area contributed by atoms with Crippen molar-refractivity contribution in [2.75, 3.05) is 19.8 Å². The summed E-state index contributed by atoms with van der Waals surface area (Å²) >= 11 is 0. The smallest absolute Gasteiger partial charge is 0.322 e. The van der Waals surface area contributed by atoms with Crippen molar-refractivity contribution in [1.29, 1.82) is 0 Å². The molecule has 0 unspecified atom stereocenters. The molecule has 0 aromatic heterocycles. The van der Waals surface area contributed by atoms with Crippen molar-refractivity contribution < 1.29 is 27.8 Å². The molecule has 1 atom stereocenters. The largest absolute Gasteiger partial charge is 0.486 e. The zero-order valence-corrected chi connectivity index (χ0v) is 11.3. The van der Waals surface area contributed by atoms with Crippen LogP contribution in [-0.2, 0) is 14.8 Å². The molecule has 20 heavy (non-hydrogen) atoms. The number of benzene rings is 1. The molecule has 1 N–H and O–H groups in total. The minimum Gasteiger partial charge on any atom is -0.486 e. The van der Waals surface area contributed by atoms with E-state index in [1.807, 2.05) is 0 Å². The van der Waals surface area contributed by atoms with Crippen molar-refractivity contribution in [3.63, 3.8) is 0 Å². The van der Waals surface area contributed by atoms with Crippen LogP contribution in [0.2, 0.25) is 0 Å². The highest BCUT2D eigenvalue weighted by molar-refractivity contribution is 7.89. The van der Waals surface area contributed by atoms with Gasteiger partial charge in [-0.05, 0) is 18.6 Å². The fourth-order valence-electron chi connectivity index (χ4n) is 2.22. The van der Waals surface area contributed by atoms with Crippen LogP contribution in [0.25, 0.3) is 0 Å². The molecule has 0 bridgehead atoms. The van der Waals surface area contributed by atoms with Crippen molar-refractivity contribution in [2.45, 2.75) is 17.4 Å². The number of carbonyl (C=O) groups is 1. The molecule has 8 heteroatoms. The highest BCUT2D eigenvalue weighted by Crippen LogP contribution is 2.35. The first-order valence-electron chi connectivity index (χ1n) is 6.14. The van der Waals surface area contributed by atoms with E-state index in [1.54, 1.807) is 0 Å². The number of rotatable bonds is 3. The molecule has 2 aliphatic heterocycles. The lowest BCUT2D eigenvalue weighted by atomic mass is 10.1. The number of hydrogen-bond acceptors (Lipinski definition) is 5. The van der Waals surface area contributed by atoms with Gasteiger partial charge in [0.1, 0.15) is 19.3 Å². The van der Waals surface area contributed by atoms with Gasteiger partial charge in [-0.1, -0.05) is 0 Å². The lowest BCUT2D eigenvalue weighted by Crippen LogP contribution is -2.54. The molecule has 0 saturated carbocycles. The molecule has 0 aliphatic carbocycles. The molecule has 2 aliphatic rings. The standard InChI is InChI=1S/C12H13NO6S/c14-12(15)9-3-4-13(9)20(16,17)8-1-2-10-11(7-8)19-6-5-18-10/h1-2,7,9H,3-6H2,(H,14,15)/t9-/m0/s1. The summed E-state index contributed by atoms with van der Waals surface area (Å²) < 4.78 is 36.4. The summed E-state index contributed by atoms with van der Waals surface area (Å²) in [5, 5.41) is 8.96. The quantitative estimate of drug-likeness (QED) is 0.863. The van der Waals surface area contributed by atoms with E-state index in [-0.39, 0.29) is 11.4 Å². The number of fused-ring (bicyclic) bond motifs is 1. The molecule has 1 saturated heterocycles. The van der Waals surface area contributed by atoms with Gasteiger partial charge in [0.15, 0.2) is 11.5 Å². The number of nitrogens with zero attached hydrogens (tertiary/aromatic N) is 1. The lowest BCUT2D eigenvalue weighted by molar-refractivity contribution is -0.144. The summed E-state index contributed by atoms with van der Waals surface area (Å²) in [4.78, 5) is 11.0. The first-order chi connectivity index (χ1) is 9.50. The average molecular weight is 299 g/mol. The number of carboxylic acid groups (broad SMARTS) is 1. The predicted octanol–water partition coefficient (Wildman–Crippen LogP) is 0.305. The Morgan fingerprint density at radius 1 is 1.25 bits per heavy atom. The Morgan fingerprint density at radius 3 is 2.55 bits per heavy atom. The third-order valence-electron chi connectivity index (χ3n) is 3.38. The van der Waals surface area contributed by atoms with E-state index in [2.05, 4.69) is 0 Å². The molecule has 2 heterocycles. The summed E-state index contributed by atoms with van der Waals surface area (Å²) in [5.41, 5.74) is 0. The highest BCUT2D eigenvalue weighted by Gasteiger charge is 2.43. The van der Waals surface area contributed by atoms with Gasteiger partial charge in [-0.25, -0.2) is 8.42 Å². The van der Waals surface area contributed by atoms with Gasteiger partial charge >= 0.3 is 5.97 Å². The number of carboxylic acids is 1. The maximum Gasteiger partial charge on any atom is 0.322 e. The van der Waals surface area contributed by atoms with E-state index >= 15 is 0 Å². The lowest BCUT2D eigenvalue weighted by Gasteiger charge is -2.36. The van der Waals surface area contributed by atoms with Crippen LogP contribution in [0.15, 0.2) is 23.1 Å². The third-order valence-corrected chi connectivity index (χ3v) is 5.28. The molecule has 3 rings (SSSR count). The molecule has 1 aromatic rings. The Labute approximate surface area is 115 Å². The van der Waals surface area contributed by atoms with Crippen molar-refractivity contribution in [1.82, 2.24) is 4.31 Å². The number of aliphatic carboxylic acids is 1. The minimum absolute atomic E-state index is 0.0210. The van der Waals surface area contributed by atoms with Gasteiger partial charge in [0.25, 0.3) is 0 Å². The molecular formula is C12H13NO6S. The Kier molecular flexibility index (Phi) is 3.06. The van der Waals surface area contributed by atoms with Crippen LogP contribution in [0, 0.1) is 0 Å². The second-order valence-corrected chi connectivity index (χ2v) is 6.45. The number of ether oxygens (including phenoxy) is 2. The topological polar surface area (TPSA) is 93.1 Å². The second kappa shape index (κ2) is 4.64. The van der Waals surface area contributed by atoms with Gasteiger partial charge in [-0.15, -0.1) is 0 Å². The SMILES string of the molecule is O=C(O)[C@@H]1CCN1S(=O)(=O)c1ccc2c(c1)OCCO2. The Hall–Kier alpha value is -1.80. The second-order valence-electron chi connectivity index (χ2n) is 4.56. The first kappa shape index (κ1) is 13.2. The maximum absolute atomic E-state index is 12.4. The van der Waals surface area contributed by atoms with Crippen LogP contribution in [-0.4, -0.2) is 49.6 Å². The maximum atomic E-state index is 12.4. The van der Waals surface area contributed by atoms with Crippen molar-refractivity contribution in [3.05, 3.63) is 18.2 Å². The summed E-state index contributed by atoms with van der Waals surface area (Å²) in [6.07, 6.45) is 0.332. The average Bonchev–Trinajstić information content (AvgIpc) is 2.35. The molecule has 108 valence electrons. The van der Waals surface area contributed by atoms with E-state index in [0.717, 1.165) is 4.31 Å². The van der Waals surface area contributed by atoms with Gasteiger partial charge in [0.2, 0.25) is 10.0 Å². The van der Waals surface area contributed by atoms with E-state index < -0.39 is 22.0 Å². The van der Waals surface area contributed by atoms with Gasteiger partial charge in [-0.2, -0.15) is 4.31 Å². The van der Waals surface area contributed by atoms with E-state index in [0.29, 0.717) is 31.1 Å². The molecule has 1 aromatic carbocycles. The Balaban J connectivity index is 1.94. The molecule has 1 fully saturated rings. The van der Waals surface area contributed by atoms with Gasteiger partial charge in [0, 0.05) is 12.6 Å². The first-order valence-corrected chi connectivity index (χ1v) is 7.58. The number of hydrogen-bond donors (Lipinski definition) is 1. The molecule has 0 spiro atoms. The normalized spacial score (nSPS) is 22.1. The summed E-state index contributed by atoms with van der Waals surface area (Å²) in [6, 6.07) is 3.33. The predicted molar refractivity (Wildman–Crippen MR) is 67.4 cm³/mol. The Bertz CT molecular complexity index is 656.